The molecule has 2 aromatic heterocycles. The molecule has 0 aliphatic rings. The van der Waals surface area contributed by atoms with E-state index in [1.54, 1.807) is 0 Å². The van der Waals surface area contributed by atoms with Crippen LogP contribution in [0.2, 0.25) is 0 Å². The van der Waals surface area contributed by atoms with Crippen molar-refractivity contribution in [3.8, 4) is 0 Å². The number of nitrogens with one attached hydrogen (secondary N) is 2. The van der Waals surface area contributed by atoms with E-state index in [1.165, 1.54) is 0 Å². The second-order valence-corrected chi connectivity index (χ2v) is 8.23. The Morgan fingerprint density at radius 2 is 0.861 bits per heavy atom. The maximum absolute atomic E-state index is 4.35. The van der Waals surface area contributed by atoms with E-state index >= 15 is 0 Å². The van der Waals surface area contributed by atoms with Crippen molar-refractivity contribution in [1.29, 1.82) is 0 Å². The summed E-state index contributed by atoms with van der Waals surface area (Å²) in [4.78, 5) is 25.8. The summed E-state index contributed by atoms with van der Waals surface area (Å²) in [6.07, 6.45) is 4.26. The van der Waals surface area contributed by atoms with Crippen LogP contribution < -0.4 is 10.6 Å². The fourth-order valence-electron chi connectivity index (χ4n) is 3.66. The van der Waals surface area contributed by atoms with Crippen molar-refractivity contribution in [2.75, 3.05) is 10.6 Å². The molecule has 0 amide bonds. The lowest BCUT2D eigenvalue weighted by atomic mass is 10.0. The molecule has 0 bridgehead atoms. The summed E-state index contributed by atoms with van der Waals surface area (Å²) >= 11 is 4.24. The van der Waals surface area contributed by atoms with Gasteiger partial charge in [-0.05, 0) is 88.1 Å². The van der Waals surface area contributed by atoms with Crippen molar-refractivity contribution in [3.05, 3.63) is 81.9 Å². The number of benzene rings is 2. The van der Waals surface area contributed by atoms with Crippen molar-refractivity contribution < 1.29 is 0 Å². The Hall–Kier alpha value is -2.74. The zero-order valence-electron chi connectivity index (χ0n) is 21.1. The van der Waals surface area contributed by atoms with E-state index in [2.05, 4.69) is 128 Å². The zero-order chi connectivity index (χ0) is 26.2. The molecule has 0 saturated carbocycles. The second-order valence-electron chi connectivity index (χ2n) is 8.23. The van der Waals surface area contributed by atoms with Gasteiger partial charge in [0.05, 0.1) is 0 Å². The molecule has 4 rings (SSSR count). The predicted molar refractivity (Wildman–Crippen MR) is 164 cm³/mol. The normalized spacial score (nSPS) is 10.7. The van der Waals surface area contributed by atoms with E-state index in [1.807, 2.05) is 39.8 Å². The summed E-state index contributed by atoms with van der Waals surface area (Å²) in [5, 5.41) is 6.52. The first-order chi connectivity index (χ1) is 17.2. The molecular weight excluding hydrogens is 678 g/mol. The molecule has 0 spiro atoms. The Bertz CT molecular complexity index is 1240. The van der Waals surface area contributed by atoms with E-state index in [0.717, 1.165) is 33.6 Å². The third-order valence-corrected chi connectivity index (χ3v) is 5.21. The molecule has 2 aromatic carbocycles. The molecule has 4 aromatic rings. The van der Waals surface area contributed by atoms with E-state index in [9.17, 15) is 0 Å². The molecule has 2 N–H and O–H groups in total. The molecule has 36 heavy (non-hydrogen) atoms. The number of halogens is 2. The third kappa shape index (κ3) is 7.88. The Balaban J connectivity index is 0.00000176. The lowest BCUT2D eigenvalue weighted by Crippen LogP contribution is -2.03. The minimum atomic E-state index is 0.555. The van der Waals surface area contributed by atoms with Gasteiger partial charge in [-0.15, -0.1) is 0 Å². The van der Waals surface area contributed by atoms with Gasteiger partial charge in [-0.3, -0.25) is 0 Å². The van der Waals surface area contributed by atoms with Gasteiger partial charge >= 0.3 is 0 Å². The SMILES string of the molecule is Cc1nc(C)nc(Nc2ccc(C=Cc3ccc(Nc4nc(C)nc(C)n4)cc3C)c(C)c2)n1.II. The number of hydrogen-bond donors (Lipinski definition) is 2. The van der Waals surface area contributed by atoms with Gasteiger partial charge in [0, 0.05) is 48.6 Å². The van der Waals surface area contributed by atoms with Gasteiger partial charge in [0.25, 0.3) is 0 Å². The summed E-state index contributed by atoms with van der Waals surface area (Å²) in [6.45, 7) is 11.6. The zero-order valence-corrected chi connectivity index (χ0v) is 25.4. The largest absolute Gasteiger partial charge is 0.324 e. The van der Waals surface area contributed by atoms with Crippen LogP contribution in [0.4, 0.5) is 23.3 Å². The summed E-state index contributed by atoms with van der Waals surface area (Å²) < 4.78 is 0. The summed E-state index contributed by atoms with van der Waals surface area (Å²) in [6, 6.07) is 12.4. The smallest absolute Gasteiger partial charge is 0.230 e. The van der Waals surface area contributed by atoms with Crippen LogP contribution in [0.5, 0.6) is 0 Å². The van der Waals surface area contributed by atoms with Gasteiger partial charge in [0.15, 0.2) is 0 Å². The number of nitrogens with zero attached hydrogens (tertiary/aromatic N) is 6. The van der Waals surface area contributed by atoms with Gasteiger partial charge in [-0.25, -0.2) is 9.97 Å². The Labute approximate surface area is 235 Å². The van der Waals surface area contributed by atoms with Crippen molar-refractivity contribution in [1.82, 2.24) is 29.9 Å². The molecule has 0 saturated heterocycles. The maximum Gasteiger partial charge on any atom is 0.230 e. The number of aromatic nitrogens is 6. The predicted octanol–water partition coefficient (Wildman–Crippen LogP) is 7.34. The van der Waals surface area contributed by atoms with Gasteiger partial charge in [0.1, 0.15) is 23.3 Å². The van der Waals surface area contributed by atoms with E-state index in [4.69, 9.17) is 0 Å². The van der Waals surface area contributed by atoms with Crippen molar-refractivity contribution in [2.45, 2.75) is 41.5 Å². The summed E-state index contributed by atoms with van der Waals surface area (Å²) in [7, 11) is 0. The van der Waals surface area contributed by atoms with Crippen LogP contribution in [0.1, 0.15) is 45.6 Å². The topological polar surface area (TPSA) is 101 Å². The first-order valence-corrected chi connectivity index (χ1v) is 17.5. The lowest BCUT2D eigenvalue weighted by molar-refractivity contribution is 0.927. The van der Waals surface area contributed by atoms with E-state index < -0.39 is 0 Å². The summed E-state index contributed by atoms with van der Waals surface area (Å²) in [5.41, 5.74) is 6.48. The molecule has 0 atom stereocenters. The molecular formula is C26H28I2N8. The number of rotatable bonds is 6. The Morgan fingerprint density at radius 1 is 0.528 bits per heavy atom. The van der Waals surface area contributed by atoms with Crippen LogP contribution >= 0.6 is 37.2 Å². The van der Waals surface area contributed by atoms with Gasteiger partial charge in [-0.2, -0.15) is 19.9 Å². The van der Waals surface area contributed by atoms with E-state index in [0.29, 0.717) is 35.2 Å². The molecule has 0 unspecified atom stereocenters. The highest BCUT2D eigenvalue weighted by Gasteiger charge is 2.05. The quantitative estimate of drug-likeness (QED) is 0.159. The van der Waals surface area contributed by atoms with Crippen LogP contribution in [-0.2, 0) is 0 Å². The van der Waals surface area contributed by atoms with Crippen LogP contribution in [0.3, 0.4) is 0 Å². The standard InChI is InChI=1S/C26H28N8.I2/c1-15-13-23(33-25-29-17(3)27-18(4)30-25)11-9-21(15)7-8-22-10-12-24(14-16(22)2)34-26-31-19(5)28-20(6)32-26;1-2/h7-14H,1-6H3,(H,27,29,30,33)(H,28,31,32,34);. The molecule has 186 valence electrons. The monoisotopic (exact) mass is 706 g/mol. The fourth-order valence-corrected chi connectivity index (χ4v) is 3.66. The van der Waals surface area contributed by atoms with Crippen molar-refractivity contribution in [3.63, 3.8) is 0 Å². The minimum Gasteiger partial charge on any atom is -0.324 e. The Kier molecular flexibility index (Phi) is 10.0. The average molecular weight is 706 g/mol. The molecule has 0 aliphatic carbocycles. The van der Waals surface area contributed by atoms with Crippen molar-refractivity contribution >= 4 is 72.7 Å². The van der Waals surface area contributed by atoms with Gasteiger partial charge in [0.2, 0.25) is 11.9 Å². The number of hydrogen-bond acceptors (Lipinski definition) is 8. The van der Waals surface area contributed by atoms with Crippen LogP contribution in [0.15, 0.2) is 36.4 Å². The van der Waals surface area contributed by atoms with Crippen molar-refractivity contribution in [2.24, 2.45) is 0 Å². The molecule has 0 fully saturated rings. The molecule has 0 aliphatic heterocycles. The Morgan fingerprint density at radius 3 is 1.17 bits per heavy atom. The highest BCUT2D eigenvalue weighted by atomic mass is 128. The van der Waals surface area contributed by atoms with E-state index in [-0.39, 0.29) is 0 Å². The van der Waals surface area contributed by atoms with Gasteiger partial charge in [-0.1, -0.05) is 24.3 Å². The maximum atomic E-state index is 4.35. The van der Waals surface area contributed by atoms with Crippen LogP contribution in [-0.4, -0.2) is 29.9 Å². The number of aryl methyl sites for hydroxylation is 6. The molecule has 10 heteroatoms. The first-order valence-electron chi connectivity index (χ1n) is 11.2. The minimum absolute atomic E-state index is 0.555. The first kappa shape index (κ1) is 27.8. The average Bonchev–Trinajstić information content (AvgIpc) is 2.79. The molecule has 0 radical (unpaired) electrons. The van der Waals surface area contributed by atoms with Gasteiger partial charge < -0.3 is 10.6 Å². The molecule has 2 heterocycles. The third-order valence-electron chi connectivity index (χ3n) is 5.21. The lowest BCUT2D eigenvalue weighted by Gasteiger charge is -2.10. The number of anilines is 4. The van der Waals surface area contributed by atoms with Crippen LogP contribution in [0, 0.1) is 41.5 Å². The second kappa shape index (κ2) is 13.0. The van der Waals surface area contributed by atoms with Crippen LogP contribution in [0.25, 0.3) is 12.2 Å². The molecule has 8 nitrogen and oxygen atoms in total. The fraction of sp³-hybridized carbons (Fsp3) is 0.231. The highest BCUT2D eigenvalue weighted by Crippen LogP contribution is 2.23. The summed E-state index contributed by atoms with van der Waals surface area (Å²) in [5.74, 6) is 3.89. The highest BCUT2D eigenvalue weighted by molar-refractivity contribution is 15.0.